The van der Waals surface area contributed by atoms with Gasteiger partial charge in [0.05, 0.1) is 4.92 Å². The molecule has 1 rings (SSSR count). The standard InChI is InChI=1S/C6H5NO2.CH4S/c8-7(9)6-4-2-1-3-5-6;1-2/h1-5H;2H,1H3. The summed E-state index contributed by atoms with van der Waals surface area (Å²) in [4.78, 5) is 9.59. The van der Waals surface area contributed by atoms with Crippen molar-refractivity contribution in [2.24, 2.45) is 0 Å². The first-order chi connectivity index (χ1) is 5.30. The first kappa shape index (κ1) is 9.97. The van der Waals surface area contributed by atoms with Crippen LogP contribution in [0.2, 0.25) is 0 Å². The topological polar surface area (TPSA) is 43.1 Å². The van der Waals surface area contributed by atoms with Gasteiger partial charge in [-0.15, -0.1) is 0 Å². The number of nitrogens with zero attached hydrogens (tertiary/aromatic N) is 1. The molecule has 1 aromatic carbocycles. The molecule has 0 heterocycles. The number of hydrogen-bond donors (Lipinski definition) is 1. The van der Waals surface area contributed by atoms with Gasteiger partial charge in [0.15, 0.2) is 0 Å². The van der Waals surface area contributed by atoms with Gasteiger partial charge in [0.1, 0.15) is 0 Å². The number of benzene rings is 1. The highest BCUT2D eigenvalue weighted by Crippen LogP contribution is 2.06. The summed E-state index contributed by atoms with van der Waals surface area (Å²) in [5.74, 6) is 0. The molecule has 0 N–H and O–H groups in total. The zero-order chi connectivity index (χ0) is 8.69. The highest BCUT2D eigenvalue weighted by molar-refractivity contribution is 7.79. The first-order valence-corrected chi connectivity index (χ1v) is 3.84. The van der Waals surface area contributed by atoms with Crippen LogP contribution in [0.4, 0.5) is 5.69 Å². The lowest BCUT2D eigenvalue weighted by molar-refractivity contribution is -0.384. The van der Waals surface area contributed by atoms with Gasteiger partial charge in [-0.2, -0.15) is 12.6 Å². The summed E-state index contributed by atoms with van der Waals surface area (Å²) < 4.78 is 0. The Hall–Kier alpha value is -1.03. The van der Waals surface area contributed by atoms with Crippen LogP contribution in [-0.4, -0.2) is 11.2 Å². The van der Waals surface area contributed by atoms with E-state index >= 15 is 0 Å². The Morgan fingerprint density at radius 2 is 1.73 bits per heavy atom. The Bertz CT molecular complexity index is 213. The Labute approximate surface area is 70.6 Å². The van der Waals surface area contributed by atoms with Gasteiger partial charge >= 0.3 is 0 Å². The van der Waals surface area contributed by atoms with E-state index in [1.807, 2.05) is 0 Å². The zero-order valence-corrected chi connectivity index (χ0v) is 6.99. The minimum absolute atomic E-state index is 0.137. The number of rotatable bonds is 1. The Balaban J connectivity index is 0.000000461. The number of para-hydroxylation sites is 1. The Morgan fingerprint density at radius 3 is 2.00 bits per heavy atom. The van der Waals surface area contributed by atoms with E-state index < -0.39 is 4.92 Å². The maximum atomic E-state index is 10.0. The SMILES string of the molecule is CS.O=[N+]([O-])c1ccccc1. The summed E-state index contributed by atoms with van der Waals surface area (Å²) in [5, 5.41) is 10.0. The molecule has 0 aromatic heterocycles. The second-order valence-corrected chi connectivity index (χ2v) is 1.59. The highest BCUT2D eigenvalue weighted by Gasteiger charge is 1.98. The second-order valence-electron chi connectivity index (χ2n) is 1.59. The van der Waals surface area contributed by atoms with Gasteiger partial charge in [0.2, 0.25) is 0 Å². The van der Waals surface area contributed by atoms with Crippen LogP contribution in [0.1, 0.15) is 0 Å². The van der Waals surface area contributed by atoms with Crippen LogP contribution in [0.25, 0.3) is 0 Å². The van der Waals surface area contributed by atoms with Crippen molar-refractivity contribution >= 4 is 18.3 Å². The molecule has 0 bridgehead atoms. The molecule has 0 saturated carbocycles. The number of hydrogen-bond acceptors (Lipinski definition) is 3. The number of nitro groups is 1. The summed E-state index contributed by atoms with van der Waals surface area (Å²) in [6.45, 7) is 0. The number of non-ortho nitro benzene ring substituents is 1. The van der Waals surface area contributed by atoms with Crippen molar-refractivity contribution in [3.63, 3.8) is 0 Å². The van der Waals surface area contributed by atoms with Crippen molar-refractivity contribution in [1.29, 1.82) is 0 Å². The molecule has 0 aliphatic heterocycles. The molecule has 0 unspecified atom stereocenters. The van der Waals surface area contributed by atoms with Crippen LogP contribution in [0.3, 0.4) is 0 Å². The van der Waals surface area contributed by atoms with Gasteiger partial charge in [-0.3, -0.25) is 10.1 Å². The van der Waals surface area contributed by atoms with Crippen LogP contribution >= 0.6 is 12.6 Å². The van der Waals surface area contributed by atoms with Gasteiger partial charge in [-0.1, -0.05) is 18.2 Å². The fourth-order valence-electron chi connectivity index (χ4n) is 0.550. The van der Waals surface area contributed by atoms with Crippen LogP contribution in [-0.2, 0) is 0 Å². The van der Waals surface area contributed by atoms with Crippen molar-refractivity contribution in [2.45, 2.75) is 0 Å². The molecule has 0 atom stereocenters. The molecule has 1 aromatic rings. The van der Waals surface area contributed by atoms with Gasteiger partial charge in [-0.25, -0.2) is 0 Å². The van der Waals surface area contributed by atoms with E-state index in [-0.39, 0.29) is 5.69 Å². The highest BCUT2D eigenvalue weighted by atomic mass is 32.1. The molecule has 0 saturated heterocycles. The summed E-state index contributed by atoms with van der Waals surface area (Å²) >= 11 is 3.53. The molecule has 0 spiro atoms. The van der Waals surface area contributed by atoms with Crippen molar-refractivity contribution in [3.8, 4) is 0 Å². The van der Waals surface area contributed by atoms with Crippen LogP contribution < -0.4 is 0 Å². The van der Waals surface area contributed by atoms with Gasteiger partial charge < -0.3 is 0 Å². The molecule has 0 fully saturated rings. The zero-order valence-electron chi connectivity index (χ0n) is 6.10. The average molecular weight is 171 g/mol. The summed E-state index contributed by atoms with van der Waals surface area (Å²) in [6, 6.07) is 7.93. The van der Waals surface area contributed by atoms with Gasteiger partial charge in [0.25, 0.3) is 5.69 Å². The van der Waals surface area contributed by atoms with E-state index in [1.165, 1.54) is 12.1 Å². The molecule has 0 radical (unpaired) electrons. The smallest absolute Gasteiger partial charge is 0.258 e. The van der Waals surface area contributed by atoms with Gasteiger partial charge in [-0.05, 0) is 6.26 Å². The maximum absolute atomic E-state index is 10.0. The molecule has 0 aliphatic carbocycles. The summed E-state index contributed by atoms with van der Waals surface area (Å²) in [7, 11) is 0. The van der Waals surface area contributed by atoms with E-state index in [1.54, 1.807) is 24.5 Å². The monoisotopic (exact) mass is 171 g/mol. The quantitative estimate of drug-likeness (QED) is 0.399. The predicted molar refractivity (Wildman–Crippen MR) is 48.0 cm³/mol. The maximum Gasteiger partial charge on any atom is 0.269 e. The van der Waals surface area contributed by atoms with Crippen LogP contribution in [0.5, 0.6) is 0 Å². The van der Waals surface area contributed by atoms with Crippen molar-refractivity contribution < 1.29 is 4.92 Å². The van der Waals surface area contributed by atoms with Gasteiger partial charge in [0, 0.05) is 12.1 Å². The fourth-order valence-corrected chi connectivity index (χ4v) is 0.550. The van der Waals surface area contributed by atoms with Crippen molar-refractivity contribution in [3.05, 3.63) is 40.4 Å². The lowest BCUT2D eigenvalue weighted by atomic mass is 10.3. The Kier molecular flexibility index (Phi) is 5.20. The lowest BCUT2D eigenvalue weighted by Crippen LogP contribution is -1.84. The Morgan fingerprint density at radius 1 is 1.27 bits per heavy atom. The normalized spacial score (nSPS) is 7.82. The largest absolute Gasteiger partial charge is 0.269 e. The summed E-state index contributed by atoms with van der Waals surface area (Å²) in [5.41, 5.74) is 0.137. The second kappa shape index (κ2) is 5.73. The molecule has 11 heavy (non-hydrogen) atoms. The van der Waals surface area contributed by atoms with E-state index in [0.29, 0.717) is 0 Å². The molecular weight excluding hydrogens is 162 g/mol. The van der Waals surface area contributed by atoms with Crippen LogP contribution in [0, 0.1) is 10.1 Å². The molecule has 4 heteroatoms. The van der Waals surface area contributed by atoms with E-state index in [0.717, 1.165) is 0 Å². The average Bonchev–Trinajstić information content (AvgIpc) is 2.10. The third kappa shape index (κ3) is 3.62. The van der Waals surface area contributed by atoms with Crippen molar-refractivity contribution in [1.82, 2.24) is 0 Å². The molecular formula is C7H9NO2S. The minimum atomic E-state index is -0.417. The predicted octanol–water partition coefficient (Wildman–Crippen LogP) is 2.14. The van der Waals surface area contributed by atoms with E-state index in [9.17, 15) is 10.1 Å². The molecule has 0 amide bonds. The molecule has 3 nitrogen and oxygen atoms in total. The minimum Gasteiger partial charge on any atom is -0.258 e. The molecule has 60 valence electrons. The third-order valence-corrected chi connectivity index (χ3v) is 0.967. The summed E-state index contributed by atoms with van der Waals surface area (Å²) in [6.07, 6.45) is 1.69. The van der Waals surface area contributed by atoms with E-state index in [4.69, 9.17) is 0 Å². The molecule has 0 aliphatic rings. The lowest BCUT2D eigenvalue weighted by Gasteiger charge is -1.85. The van der Waals surface area contributed by atoms with E-state index in [2.05, 4.69) is 12.6 Å². The number of thiol groups is 1. The first-order valence-electron chi connectivity index (χ1n) is 2.95. The van der Waals surface area contributed by atoms with Crippen molar-refractivity contribution in [2.75, 3.05) is 6.26 Å². The van der Waals surface area contributed by atoms with Crippen LogP contribution in [0.15, 0.2) is 30.3 Å². The fraction of sp³-hybridized carbons (Fsp3) is 0.143. The third-order valence-electron chi connectivity index (χ3n) is 0.967. The number of nitro benzene ring substituents is 1.